The third-order valence-electron chi connectivity index (χ3n) is 4.34. The van der Waals surface area contributed by atoms with E-state index in [1.807, 2.05) is 0 Å². The molecule has 28 heavy (non-hydrogen) atoms. The van der Waals surface area contributed by atoms with E-state index in [4.69, 9.17) is 0 Å². The van der Waals surface area contributed by atoms with Crippen molar-refractivity contribution in [1.82, 2.24) is 14.5 Å². The molecule has 0 radical (unpaired) electrons. The largest absolute Gasteiger partial charge is 0.493 e. The quantitative estimate of drug-likeness (QED) is 0.315. The van der Waals surface area contributed by atoms with Crippen LogP contribution in [0.2, 0.25) is 0 Å². The van der Waals surface area contributed by atoms with Crippen LogP contribution in [0.4, 0.5) is 17.3 Å². The molecule has 4 rings (SSSR count). The summed E-state index contributed by atoms with van der Waals surface area (Å²) in [6.45, 7) is 2.11. The molecule has 0 fully saturated rings. The maximum absolute atomic E-state index is 12.6. The van der Waals surface area contributed by atoms with Crippen LogP contribution in [0.15, 0.2) is 57.5 Å². The first-order chi connectivity index (χ1) is 13.5. The molecule has 10 nitrogen and oxygen atoms in total. The number of hydrogen-bond acceptors (Lipinski definition) is 7. The fraction of sp³-hybridized carbons (Fsp3) is 0.111. The summed E-state index contributed by atoms with van der Waals surface area (Å²) in [6.07, 6.45) is 0. The number of fused-ring (bicyclic) bond motifs is 2. The SMILES string of the molecule is CCn1c(N=Nc2c(O)[nH]c3ccc([N+](=O)[O-])cc23)nc2ccccc2c1=O. The van der Waals surface area contributed by atoms with Crippen molar-refractivity contribution in [1.29, 1.82) is 0 Å². The number of nitro benzene ring substituents is 1. The Morgan fingerprint density at radius 2 is 2.00 bits per heavy atom. The molecule has 2 aromatic carbocycles. The van der Waals surface area contributed by atoms with Crippen molar-refractivity contribution in [3.8, 4) is 5.88 Å². The second kappa shape index (κ2) is 6.58. The Balaban J connectivity index is 1.88. The molecule has 2 heterocycles. The third kappa shape index (κ3) is 2.76. The lowest BCUT2D eigenvalue weighted by atomic mass is 10.2. The van der Waals surface area contributed by atoms with Crippen molar-refractivity contribution < 1.29 is 10.0 Å². The van der Waals surface area contributed by atoms with Crippen LogP contribution in [0.25, 0.3) is 21.8 Å². The number of nitrogens with one attached hydrogen (secondary N) is 1. The van der Waals surface area contributed by atoms with Gasteiger partial charge in [-0.05, 0) is 25.1 Å². The average molecular weight is 378 g/mol. The number of aromatic amines is 1. The molecule has 0 spiro atoms. The van der Waals surface area contributed by atoms with Crippen molar-refractivity contribution >= 4 is 39.1 Å². The lowest BCUT2D eigenvalue weighted by Gasteiger charge is -2.06. The van der Waals surface area contributed by atoms with Gasteiger partial charge in [0.05, 0.1) is 21.3 Å². The number of nitrogens with zero attached hydrogens (tertiary/aromatic N) is 5. The molecule has 0 amide bonds. The minimum absolute atomic E-state index is 0.0313. The summed E-state index contributed by atoms with van der Waals surface area (Å²) < 4.78 is 1.36. The Bertz CT molecular complexity index is 1320. The van der Waals surface area contributed by atoms with Gasteiger partial charge in [-0.15, -0.1) is 10.2 Å². The number of H-pyrrole nitrogens is 1. The van der Waals surface area contributed by atoms with E-state index in [-0.39, 0.29) is 28.8 Å². The first kappa shape index (κ1) is 17.3. The van der Waals surface area contributed by atoms with Gasteiger partial charge in [-0.3, -0.25) is 19.5 Å². The van der Waals surface area contributed by atoms with Gasteiger partial charge >= 0.3 is 0 Å². The molecule has 140 valence electrons. The van der Waals surface area contributed by atoms with Crippen LogP contribution in [0, 0.1) is 10.1 Å². The Morgan fingerprint density at radius 3 is 2.75 bits per heavy atom. The van der Waals surface area contributed by atoms with Gasteiger partial charge in [0.25, 0.3) is 17.2 Å². The van der Waals surface area contributed by atoms with Crippen molar-refractivity contribution in [3.63, 3.8) is 0 Å². The highest BCUT2D eigenvalue weighted by Crippen LogP contribution is 2.37. The summed E-state index contributed by atoms with van der Waals surface area (Å²) in [5.41, 5.74) is 0.586. The molecular formula is C18H14N6O4. The van der Waals surface area contributed by atoms with Crippen LogP contribution < -0.4 is 5.56 Å². The number of azo groups is 1. The fourth-order valence-corrected chi connectivity index (χ4v) is 2.98. The lowest BCUT2D eigenvalue weighted by Crippen LogP contribution is -2.20. The average Bonchev–Trinajstić information content (AvgIpc) is 3.00. The van der Waals surface area contributed by atoms with E-state index in [1.54, 1.807) is 31.2 Å². The second-order valence-electron chi connectivity index (χ2n) is 5.99. The summed E-state index contributed by atoms with van der Waals surface area (Å²) in [6, 6.07) is 11.0. The van der Waals surface area contributed by atoms with E-state index < -0.39 is 4.92 Å². The Morgan fingerprint density at radius 1 is 1.21 bits per heavy atom. The van der Waals surface area contributed by atoms with Crippen LogP contribution in [0.3, 0.4) is 0 Å². The van der Waals surface area contributed by atoms with E-state index in [2.05, 4.69) is 20.2 Å². The number of aromatic nitrogens is 3. The molecule has 0 unspecified atom stereocenters. The van der Waals surface area contributed by atoms with Gasteiger partial charge in [0, 0.05) is 24.1 Å². The first-order valence-electron chi connectivity index (χ1n) is 8.40. The summed E-state index contributed by atoms with van der Waals surface area (Å²) in [7, 11) is 0. The van der Waals surface area contributed by atoms with Crippen LogP contribution in [0.1, 0.15) is 6.92 Å². The smallest absolute Gasteiger partial charge is 0.270 e. The predicted molar refractivity (Wildman–Crippen MR) is 102 cm³/mol. The maximum atomic E-state index is 12.6. The first-order valence-corrected chi connectivity index (χ1v) is 8.40. The highest BCUT2D eigenvalue weighted by atomic mass is 16.6. The molecule has 0 saturated carbocycles. The number of para-hydroxylation sites is 1. The van der Waals surface area contributed by atoms with Crippen molar-refractivity contribution in [2.24, 2.45) is 10.2 Å². The minimum atomic E-state index is -0.538. The number of aromatic hydroxyl groups is 1. The van der Waals surface area contributed by atoms with Gasteiger partial charge in [-0.2, -0.15) is 0 Å². The molecule has 0 saturated heterocycles. The Kier molecular flexibility index (Phi) is 4.07. The molecule has 10 heteroatoms. The lowest BCUT2D eigenvalue weighted by molar-refractivity contribution is -0.384. The zero-order chi connectivity index (χ0) is 19.8. The minimum Gasteiger partial charge on any atom is -0.493 e. The zero-order valence-electron chi connectivity index (χ0n) is 14.7. The van der Waals surface area contributed by atoms with Crippen LogP contribution in [0.5, 0.6) is 5.88 Å². The summed E-state index contributed by atoms with van der Waals surface area (Å²) >= 11 is 0. The molecule has 0 aliphatic rings. The summed E-state index contributed by atoms with van der Waals surface area (Å²) in [5.74, 6) is -0.212. The zero-order valence-corrected chi connectivity index (χ0v) is 14.7. The van der Waals surface area contributed by atoms with Crippen LogP contribution >= 0.6 is 0 Å². The third-order valence-corrected chi connectivity index (χ3v) is 4.34. The van der Waals surface area contributed by atoms with Gasteiger partial charge in [-0.25, -0.2) is 4.98 Å². The highest BCUT2D eigenvalue weighted by molar-refractivity contribution is 5.95. The topological polar surface area (TPSA) is 139 Å². The van der Waals surface area contributed by atoms with E-state index in [0.717, 1.165) is 0 Å². The van der Waals surface area contributed by atoms with Crippen LogP contribution in [-0.4, -0.2) is 24.6 Å². The number of nitro groups is 1. The molecular weight excluding hydrogens is 364 g/mol. The van der Waals surface area contributed by atoms with E-state index in [9.17, 15) is 20.0 Å². The Hall–Kier alpha value is -4.08. The fourth-order valence-electron chi connectivity index (χ4n) is 2.98. The number of benzene rings is 2. The van der Waals surface area contributed by atoms with E-state index in [0.29, 0.717) is 28.4 Å². The summed E-state index contributed by atoms with van der Waals surface area (Å²) in [4.78, 5) is 30.2. The molecule has 0 aliphatic heterocycles. The summed E-state index contributed by atoms with van der Waals surface area (Å²) in [5, 5.41) is 30.0. The number of rotatable bonds is 4. The van der Waals surface area contributed by atoms with Gasteiger partial charge in [-0.1, -0.05) is 12.1 Å². The van der Waals surface area contributed by atoms with Crippen molar-refractivity contribution in [3.05, 3.63) is 62.9 Å². The van der Waals surface area contributed by atoms with E-state index in [1.165, 1.54) is 22.8 Å². The maximum Gasteiger partial charge on any atom is 0.270 e. The number of hydrogen-bond donors (Lipinski definition) is 2. The monoisotopic (exact) mass is 378 g/mol. The number of non-ortho nitro benzene ring substituents is 1. The van der Waals surface area contributed by atoms with Crippen molar-refractivity contribution in [2.45, 2.75) is 13.5 Å². The molecule has 2 aromatic heterocycles. The standard InChI is InChI=1S/C18H14N6O4/c1-2-23-17(26)11-5-3-4-6-13(11)20-18(23)22-21-15-12-9-10(24(27)28)7-8-14(12)19-16(15)25/h3-9,19,25H,2H2,1H3. The molecule has 2 N–H and O–H groups in total. The van der Waals surface area contributed by atoms with Gasteiger partial charge in [0.15, 0.2) is 5.69 Å². The van der Waals surface area contributed by atoms with Crippen molar-refractivity contribution in [2.75, 3.05) is 0 Å². The highest BCUT2D eigenvalue weighted by Gasteiger charge is 2.16. The van der Waals surface area contributed by atoms with Gasteiger partial charge in [0.1, 0.15) is 0 Å². The van der Waals surface area contributed by atoms with E-state index >= 15 is 0 Å². The molecule has 0 bridgehead atoms. The second-order valence-corrected chi connectivity index (χ2v) is 5.99. The molecule has 4 aromatic rings. The molecule has 0 aliphatic carbocycles. The van der Waals surface area contributed by atoms with Crippen LogP contribution in [-0.2, 0) is 6.54 Å². The molecule has 0 atom stereocenters. The van der Waals surface area contributed by atoms with Gasteiger partial charge < -0.3 is 10.1 Å². The van der Waals surface area contributed by atoms with Gasteiger partial charge in [0.2, 0.25) is 5.88 Å². The normalized spacial score (nSPS) is 11.6. The predicted octanol–water partition coefficient (Wildman–Crippen LogP) is 3.93. The Labute approximate surface area is 156 Å².